The number of ketones is 1. The van der Waals surface area contributed by atoms with Crippen LogP contribution in [0.25, 0.3) is 0 Å². The van der Waals surface area contributed by atoms with Crippen molar-refractivity contribution >= 4 is 11.8 Å². The summed E-state index contributed by atoms with van der Waals surface area (Å²) in [4.78, 5) is 23.2. The van der Waals surface area contributed by atoms with Gasteiger partial charge >= 0.3 is 5.97 Å². The fourth-order valence-corrected chi connectivity index (χ4v) is 3.05. The predicted molar refractivity (Wildman–Crippen MR) is 93.3 cm³/mol. The third kappa shape index (κ3) is 4.83. The molecule has 2 aliphatic rings. The van der Waals surface area contributed by atoms with Gasteiger partial charge in [-0.1, -0.05) is 18.1 Å². The Labute approximate surface area is 144 Å². The maximum atomic E-state index is 11.8. The highest BCUT2D eigenvalue weighted by molar-refractivity contribution is 5.98. The van der Waals surface area contributed by atoms with Gasteiger partial charge in [0.25, 0.3) is 0 Å². The molecule has 2 aliphatic heterocycles. The Morgan fingerprint density at radius 1 is 1.38 bits per heavy atom. The second kappa shape index (κ2) is 7.37. The summed E-state index contributed by atoms with van der Waals surface area (Å²) in [5, 5.41) is 0. The number of cyclic esters (lactones) is 1. The van der Waals surface area contributed by atoms with Crippen molar-refractivity contribution in [1.82, 2.24) is 0 Å². The molecule has 0 aliphatic carbocycles. The molecule has 4 heteroatoms. The van der Waals surface area contributed by atoms with E-state index in [-0.39, 0.29) is 23.8 Å². The zero-order valence-corrected chi connectivity index (χ0v) is 15.3. The normalized spacial score (nSPS) is 24.9. The van der Waals surface area contributed by atoms with Crippen LogP contribution in [0, 0.1) is 5.92 Å². The van der Waals surface area contributed by atoms with E-state index in [1.807, 2.05) is 6.92 Å². The number of esters is 1. The lowest BCUT2D eigenvalue weighted by atomic mass is 9.98. The van der Waals surface area contributed by atoms with E-state index in [0.717, 1.165) is 37.0 Å². The first-order valence-electron chi connectivity index (χ1n) is 8.67. The topological polar surface area (TPSA) is 52.6 Å². The van der Waals surface area contributed by atoms with Gasteiger partial charge in [0.1, 0.15) is 11.9 Å². The molecule has 0 radical (unpaired) electrons. The van der Waals surface area contributed by atoms with Crippen LogP contribution in [0.3, 0.4) is 0 Å². The third-order valence-electron chi connectivity index (χ3n) is 4.56. The van der Waals surface area contributed by atoms with Gasteiger partial charge in [-0.2, -0.15) is 0 Å². The van der Waals surface area contributed by atoms with Gasteiger partial charge < -0.3 is 9.47 Å². The number of carbonyl (C=O) groups excluding carboxylic acids is 2. The minimum Gasteiger partial charge on any atom is -0.484 e. The molecule has 0 aromatic rings. The average molecular weight is 332 g/mol. The number of hydrogen-bond donors (Lipinski definition) is 0. The smallest absolute Gasteiger partial charge is 0.331 e. The second-order valence-electron chi connectivity index (χ2n) is 7.50. The molecule has 0 N–H and O–H groups in total. The first-order valence-corrected chi connectivity index (χ1v) is 8.67. The minimum absolute atomic E-state index is 0.0444. The molecule has 2 atom stereocenters. The fraction of sp³-hybridized carbons (Fsp3) is 0.600. The Morgan fingerprint density at radius 2 is 2.08 bits per heavy atom. The molecule has 0 amide bonds. The van der Waals surface area contributed by atoms with Gasteiger partial charge in [0, 0.05) is 24.5 Å². The molecule has 4 nitrogen and oxygen atoms in total. The van der Waals surface area contributed by atoms with Crippen molar-refractivity contribution in [3.05, 3.63) is 35.1 Å². The van der Waals surface area contributed by atoms with E-state index in [4.69, 9.17) is 9.47 Å². The highest BCUT2D eigenvalue weighted by Gasteiger charge is 2.36. The van der Waals surface area contributed by atoms with Crippen molar-refractivity contribution in [2.75, 3.05) is 0 Å². The largest absolute Gasteiger partial charge is 0.484 e. The molecular weight excluding hydrogens is 304 g/mol. The number of carbonyl (C=O) groups is 2. The molecule has 0 aromatic carbocycles. The Hall–Kier alpha value is -1.84. The lowest BCUT2D eigenvalue weighted by Crippen LogP contribution is -2.28. The Bertz CT molecular complexity index is 607. The Kier molecular flexibility index (Phi) is 5.68. The van der Waals surface area contributed by atoms with Crippen molar-refractivity contribution < 1.29 is 19.1 Å². The molecule has 24 heavy (non-hydrogen) atoms. The van der Waals surface area contributed by atoms with E-state index in [2.05, 4.69) is 19.9 Å². The Morgan fingerprint density at radius 3 is 2.67 bits per heavy atom. The van der Waals surface area contributed by atoms with Gasteiger partial charge in [0.15, 0.2) is 5.60 Å². The molecule has 0 spiro atoms. The van der Waals surface area contributed by atoms with Crippen LogP contribution in [0.5, 0.6) is 0 Å². The summed E-state index contributed by atoms with van der Waals surface area (Å²) in [7, 11) is 0. The minimum atomic E-state index is -0.713. The number of rotatable bonds is 6. The van der Waals surface area contributed by atoms with Crippen LogP contribution in [-0.2, 0) is 19.1 Å². The van der Waals surface area contributed by atoms with Crippen LogP contribution in [-0.4, -0.2) is 23.5 Å². The van der Waals surface area contributed by atoms with E-state index in [1.54, 1.807) is 26.0 Å². The molecule has 2 heterocycles. The monoisotopic (exact) mass is 332 g/mol. The molecule has 2 rings (SSSR count). The zero-order chi connectivity index (χ0) is 17.9. The average Bonchev–Trinajstić information content (AvgIpc) is 2.71. The van der Waals surface area contributed by atoms with Crippen LogP contribution in [0.2, 0.25) is 0 Å². The standard InChI is InChI=1S/C20H28O4/c1-13(9-16-10-14(2)11-19(22)23-16)7-6-8-15(3)17-12-18(21)20(4,5)24-17/h9,11-12,15-16H,6-8,10H2,1-5H3/b13-9+/t15-,16+/m1/s1. The lowest BCUT2D eigenvalue weighted by molar-refractivity contribution is -0.142. The molecule has 0 saturated heterocycles. The molecule has 0 bridgehead atoms. The quantitative estimate of drug-likeness (QED) is 0.538. The summed E-state index contributed by atoms with van der Waals surface area (Å²) >= 11 is 0. The first-order chi connectivity index (χ1) is 11.2. The van der Waals surface area contributed by atoms with E-state index < -0.39 is 5.60 Å². The number of allylic oxidation sites excluding steroid dienone is 2. The van der Waals surface area contributed by atoms with Gasteiger partial charge in [0.2, 0.25) is 5.78 Å². The number of hydrogen-bond acceptors (Lipinski definition) is 4. The van der Waals surface area contributed by atoms with Crippen molar-refractivity contribution in [3.63, 3.8) is 0 Å². The van der Waals surface area contributed by atoms with Crippen molar-refractivity contribution in [1.29, 1.82) is 0 Å². The maximum absolute atomic E-state index is 11.8. The van der Waals surface area contributed by atoms with E-state index >= 15 is 0 Å². The Balaban J connectivity index is 1.79. The highest BCUT2D eigenvalue weighted by atomic mass is 16.5. The van der Waals surface area contributed by atoms with Crippen molar-refractivity contribution in [2.45, 2.75) is 72.0 Å². The first kappa shape index (κ1) is 18.5. The van der Waals surface area contributed by atoms with Crippen LogP contribution in [0.4, 0.5) is 0 Å². The fourth-order valence-electron chi connectivity index (χ4n) is 3.05. The second-order valence-corrected chi connectivity index (χ2v) is 7.50. The van der Waals surface area contributed by atoms with E-state index in [0.29, 0.717) is 0 Å². The third-order valence-corrected chi connectivity index (χ3v) is 4.56. The van der Waals surface area contributed by atoms with E-state index in [1.165, 1.54) is 5.57 Å². The summed E-state index contributed by atoms with van der Waals surface area (Å²) < 4.78 is 11.1. The summed E-state index contributed by atoms with van der Waals surface area (Å²) in [6, 6.07) is 0. The zero-order valence-electron chi connectivity index (χ0n) is 15.3. The lowest BCUT2D eigenvalue weighted by Gasteiger charge is -2.21. The van der Waals surface area contributed by atoms with Crippen LogP contribution >= 0.6 is 0 Å². The summed E-state index contributed by atoms with van der Waals surface area (Å²) in [5.74, 6) is 0.830. The van der Waals surface area contributed by atoms with Crippen molar-refractivity contribution in [3.8, 4) is 0 Å². The van der Waals surface area contributed by atoms with Gasteiger partial charge in [-0.15, -0.1) is 0 Å². The predicted octanol–water partition coefficient (Wildman–Crippen LogP) is 4.26. The highest BCUT2D eigenvalue weighted by Crippen LogP contribution is 2.31. The summed E-state index contributed by atoms with van der Waals surface area (Å²) in [5.41, 5.74) is 1.58. The van der Waals surface area contributed by atoms with Gasteiger partial charge in [-0.25, -0.2) is 4.79 Å². The molecule has 0 saturated carbocycles. The SMILES string of the molecule is CC1=CC(=O)O[C@@H](/C=C(\C)CCC[C@@H](C)C2=CC(=O)C(C)(C)O2)C1. The molecule has 0 unspecified atom stereocenters. The van der Waals surface area contributed by atoms with Crippen LogP contribution < -0.4 is 0 Å². The molecule has 132 valence electrons. The number of ether oxygens (including phenoxy) is 2. The molecule has 0 fully saturated rings. The van der Waals surface area contributed by atoms with Gasteiger partial charge in [-0.3, -0.25) is 4.79 Å². The van der Waals surface area contributed by atoms with Gasteiger partial charge in [0.05, 0.1) is 0 Å². The maximum Gasteiger partial charge on any atom is 0.331 e. The summed E-state index contributed by atoms with van der Waals surface area (Å²) in [6.07, 6.45) is 8.81. The molecular formula is C20H28O4. The van der Waals surface area contributed by atoms with Crippen molar-refractivity contribution in [2.24, 2.45) is 5.92 Å². The van der Waals surface area contributed by atoms with Crippen LogP contribution in [0.15, 0.2) is 35.1 Å². The van der Waals surface area contributed by atoms with Gasteiger partial charge in [-0.05, 0) is 53.0 Å². The summed E-state index contributed by atoms with van der Waals surface area (Å²) in [6.45, 7) is 9.73. The van der Waals surface area contributed by atoms with Crippen LogP contribution in [0.1, 0.15) is 60.3 Å². The van der Waals surface area contributed by atoms with E-state index in [9.17, 15) is 9.59 Å². The molecule has 0 aromatic heterocycles.